The molecule has 0 aromatic rings. The maximum atomic E-state index is 12.8. The van der Waals surface area contributed by atoms with Crippen LogP contribution in [0, 0.1) is 0 Å². The van der Waals surface area contributed by atoms with Crippen molar-refractivity contribution in [2.24, 2.45) is 5.73 Å². The van der Waals surface area contributed by atoms with Crippen molar-refractivity contribution < 1.29 is 28.7 Å². The monoisotopic (exact) mass is 388 g/mol. The van der Waals surface area contributed by atoms with Crippen LogP contribution in [0.15, 0.2) is 12.7 Å². The Morgan fingerprint density at radius 2 is 1.81 bits per heavy atom. The van der Waals surface area contributed by atoms with Gasteiger partial charge in [0.2, 0.25) is 5.54 Å². The summed E-state index contributed by atoms with van der Waals surface area (Å²) < 4.78 is 10.2. The number of hydrogen-bond donors (Lipinski definition) is 3. The summed E-state index contributed by atoms with van der Waals surface area (Å²) >= 11 is 0. The first-order valence-electron chi connectivity index (χ1n) is 8.35. The van der Waals surface area contributed by atoms with Crippen LogP contribution in [0.25, 0.3) is 0 Å². The molecule has 26 heavy (non-hydrogen) atoms. The minimum atomic E-state index is -2.53. The molecule has 0 saturated carbocycles. The number of nitrogens with one attached hydrogen (secondary N) is 1. The zero-order valence-corrected chi connectivity index (χ0v) is 17.7. The van der Waals surface area contributed by atoms with Gasteiger partial charge in [-0.2, -0.15) is 0 Å². The molecule has 0 aliphatic rings. The number of ketones is 1. The van der Waals surface area contributed by atoms with E-state index in [4.69, 9.17) is 10.2 Å². The Kier molecular flexibility index (Phi) is 8.21. The summed E-state index contributed by atoms with van der Waals surface area (Å²) in [4.78, 5) is 37.7. The van der Waals surface area contributed by atoms with E-state index in [2.05, 4.69) is 16.6 Å². The van der Waals surface area contributed by atoms with Crippen molar-refractivity contribution in [2.45, 2.75) is 69.9 Å². The Hall–Kier alpha value is -1.71. The van der Waals surface area contributed by atoms with Crippen LogP contribution < -0.4 is 11.1 Å². The molecule has 1 amide bonds. The number of aliphatic hydroxyl groups excluding tert-OH is 1. The number of methoxy groups -OCH3 is 1. The van der Waals surface area contributed by atoms with E-state index in [0.29, 0.717) is 0 Å². The van der Waals surface area contributed by atoms with E-state index in [9.17, 15) is 19.5 Å². The molecule has 0 spiro atoms. The highest BCUT2D eigenvalue weighted by atomic mass is 28.4. The van der Waals surface area contributed by atoms with Gasteiger partial charge < -0.3 is 20.0 Å². The van der Waals surface area contributed by atoms with Crippen molar-refractivity contribution >= 4 is 26.2 Å². The molecule has 0 aliphatic heterocycles. The molecule has 8 nitrogen and oxygen atoms in total. The molecule has 9 heteroatoms. The standard InChI is InChI=1S/C17H32N2O6Si/c1-9-10-12(18)13(21)17(11(2)20,14(22)24-6)19-15(23)25-26(7,8)16(3,4)5/h9,11-12,20H,1,10,18H2,2-8H3,(H,19,23). The average molecular weight is 389 g/mol. The number of esters is 1. The molecule has 0 aromatic heterocycles. The lowest BCUT2D eigenvalue weighted by Crippen LogP contribution is -2.70. The van der Waals surface area contributed by atoms with Crippen molar-refractivity contribution in [2.75, 3.05) is 7.11 Å². The number of carbonyl (C=O) groups excluding carboxylic acids is 3. The lowest BCUT2D eigenvalue weighted by molar-refractivity contribution is -0.158. The number of ether oxygens (including phenoxy) is 1. The molecule has 0 radical (unpaired) electrons. The fourth-order valence-corrected chi connectivity index (χ4v) is 2.83. The van der Waals surface area contributed by atoms with Crippen LogP contribution in [-0.2, 0) is 18.8 Å². The number of amides is 1. The van der Waals surface area contributed by atoms with E-state index in [-0.39, 0.29) is 11.5 Å². The molecule has 3 unspecified atom stereocenters. The van der Waals surface area contributed by atoms with Gasteiger partial charge in [0.1, 0.15) is 0 Å². The number of Topliss-reactive ketones (excluding diaryl/α,β-unsaturated/α-hetero) is 1. The van der Waals surface area contributed by atoms with Crippen LogP contribution in [-0.4, -0.2) is 56.1 Å². The van der Waals surface area contributed by atoms with Crippen LogP contribution in [0.3, 0.4) is 0 Å². The molecule has 150 valence electrons. The van der Waals surface area contributed by atoms with Crippen LogP contribution in [0.1, 0.15) is 34.1 Å². The fraction of sp³-hybridized carbons (Fsp3) is 0.706. The molecule has 0 fully saturated rings. The molecule has 0 aliphatic carbocycles. The molecule has 0 heterocycles. The molecular formula is C17H32N2O6Si. The predicted octanol–water partition coefficient (Wildman–Crippen LogP) is 1.48. The largest absolute Gasteiger partial charge is 0.504 e. The average Bonchev–Trinajstić information content (AvgIpc) is 2.49. The van der Waals surface area contributed by atoms with Crippen molar-refractivity contribution in [3.05, 3.63) is 12.7 Å². The number of nitrogens with two attached hydrogens (primary N) is 1. The zero-order valence-electron chi connectivity index (χ0n) is 16.7. The van der Waals surface area contributed by atoms with Gasteiger partial charge in [-0.3, -0.25) is 10.1 Å². The number of rotatable bonds is 8. The first kappa shape index (κ1) is 24.3. The van der Waals surface area contributed by atoms with Crippen LogP contribution >= 0.6 is 0 Å². The predicted molar refractivity (Wildman–Crippen MR) is 101 cm³/mol. The van der Waals surface area contributed by atoms with Crippen molar-refractivity contribution in [1.29, 1.82) is 0 Å². The van der Waals surface area contributed by atoms with E-state index < -0.39 is 43.8 Å². The third-order valence-corrected chi connectivity index (χ3v) is 9.04. The normalized spacial score (nSPS) is 16.7. The van der Waals surface area contributed by atoms with Crippen molar-refractivity contribution in [3.63, 3.8) is 0 Å². The van der Waals surface area contributed by atoms with E-state index in [1.54, 1.807) is 0 Å². The summed E-state index contributed by atoms with van der Waals surface area (Å²) in [5.74, 6) is -2.00. The lowest BCUT2D eigenvalue weighted by Gasteiger charge is -2.38. The molecule has 0 aromatic carbocycles. The Morgan fingerprint density at radius 3 is 2.15 bits per heavy atom. The summed E-state index contributed by atoms with van der Waals surface area (Å²) in [7, 11) is -1.48. The van der Waals surface area contributed by atoms with Gasteiger partial charge in [-0.25, -0.2) is 9.59 Å². The third-order valence-electron chi connectivity index (χ3n) is 4.73. The Labute approximate surface area is 156 Å². The second-order valence-electron chi connectivity index (χ2n) is 7.75. The second kappa shape index (κ2) is 8.78. The summed E-state index contributed by atoms with van der Waals surface area (Å²) in [6, 6.07) is -1.16. The highest BCUT2D eigenvalue weighted by Crippen LogP contribution is 2.36. The van der Waals surface area contributed by atoms with Gasteiger partial charge in [0.05, 0.1) is 19.3 Å². The van der Waals surface area contributed by atoms with E-state index in [0.717, 1.165) is 7.11 Å². The summed E-state index contributed by atoms with van der Waals surface area (Å²) in [5.41, 5.74) is 3.43. The minimum Gasteiger partial charge on any atom is -0.504 e. The Balaban J connectivity index is 5.90. The van der Waals surface area contributed by atoms with Crippen molar-refractivity contribution in [3.8, 4) is 0 Å². The van der Waals surface area contributed by atoms with E-state index >= 15 is 0 Å². The lowest BCUT2D eigenvalue weighted by atomic mass is 9.83. The highest BCUT2D eigenvalue weighted by Gasteiger charge is 2.55. The molecule has 3 atom stereocenters. The molecular weight excluding hydrogens is 356 g/mol. The molecule has 0 saturated heterocycles. The van der Waals surface area contributed by atoms with Gasteiger partial charge in [0, 0.05) is 0 Å². The first-order chi connectivity index (χ1) is 11.7. The van der Waals surface area contributed by atoms with Gasteiger partial charge in [-0.15, -0.1) is 6.58 Å². The molecule has 0 bridgehead atoms. The zero-order chi connectivity index (χ0) is 20.9. The SMILES string of the molecule is C=CCC(N)C(=O)C(NC(=O)O[Si](C)(C)C(C)(C)C)(C(=O)OC)C(C)O. The van der Waals surface area contributed by atoms with Gasteiger partial charge in [-0.05, 0) is 31.5 Å². The van der Waals surface area contributed by atoms with Crippen LogP contribution in [0.5, 0.6) is 0 Å². The maximum Gasteiger partial charge on any atom is 0.394 e. The quantitative estimate of drug-likeness (QED) is 0.249. The molecule has 4 N–H and O–H groups in total. The van der Waals surface area contributed by atoms with Gasteiger partial charge in [0.15, 0.2) is 5.78 Å². The Bertz CT molecular complexity index is 556. The Morgan fingerprint density at radius 1 is 1.31 bits per heavy atom. The fourth-order valence-electron chi connectivity index (χ4n) is 2.01. The smallest absolute Gasteiger partial charge is 0.394 e. The van der Waals surface area contributed by atoms with Gasteiger partial charge >= 0.3 is 12.1 Å². The second-order valence-corrected chi connectivity index (χ2v) is 12.5. The summed E-state index contributed by atoms with van der Waals surface area (Å²) in [6.45, 7) is 14.1. The number of carbonyl (C=O) groups is 3. The highest BCUT2D eigenvalue weighted by molar-refractivity contribution is 6.75. The molecule has 0 rings (SSSR count). The van der Waals surface area contributed by atoms with E-state index in [1.165, 1.54) is 13.0 Å². The summed E-state index contributed by atoms with van der Waals surface area (Å²) in [5, 5.41) is 12.1. The van der Waals surface area contributed by atoms with Gasteiger partial charge in [0.25, 0.3) is 8.32 Å². The van der Waals surface area contributed by atoms with E-state index in [1.807, 2.05) is 33.9 Å². The van der Waals surface area contributed by atoms with Crippen molar-refractivity contribution in [1.82, 2.24) is 5.32 Å². The summed E-state index contributed by atoms with van der Waals surface area (Å²) in [6.07, 6.45) is -1.11. The van der Waals surface area contributed by atoms with Crippen LogP contribution in [0.2, 0.25) is 18.1 Å². The first-order valence-corrected chi connectivity index (χ1v) is 11.3. The minimum absolute atomic E-state index is 0.0588. The van der Waals surface area contributed by atoms with Gasteiger partial charge in [-0.1, -0.05) is 26.8 Å². The number of aliphatic hydroxyl groups is 1. The van der Waals surface area contributed by atoms with Crippen LogP contribution in [0.4, 0.5) is 4.79 Å². The topological polar surface area (TPSA) is 128 Å². The third kappa shape index (κ3) is 5.15. The number of hydrogen-bond acceptors (Lipinski definition) is 7. The maximum absolute atomic E-state index is 12.8.